The number of rotatable bonds is 7. The van der Waals surface area contributed by atoms with Crippen LogP contribution < -0.4 is 0 Å². The van der Waals surface area contributed by atoms with Crippen molar-refractivity contribution in [3.8, 4) is 0 Å². The van der Waals surface area contributed by atoms with Crippen molar-refractivity contribution in [2.75, 3.05) is 6.61 Å². The number of hydrogen-bond acceptors (Lipinski definition) is 2. The van der Waals surface area contributed by atoms with Gasteiger partial charge in [0, 0.05) is 6.92 Å². The Kier molecular flexibility index (Phi) is 7.54. The summed E-state index contributed by atoms with van der Waals surface area (Å²) in [6.07, 6.45) is 4.84. The molecule has 0 bridgehead atoms. The first kappa shape index (κ1) is 13.5. The molecule has 0 spiro atoms. The minimum Gasteiger partial charge on any atom is -0.466 e. The zero-order valence-corrected chi connectivity index (χ0v) is 10.0. The predicted molar refractivity (Wildman–Crippen MR) is 59.1 cm³/mol. The van der Waals surface area contributed by atoms with E-state index >= 15 is 0 Å². The average Bonchev–Trinajstić information content (AvgIpc) is 2.02. The number of carbonyl (C=O) groups excluding carboxylic acids is 1. The Balaban J connectivity index is 3.27. The third-order valence-electron chi connectivity index (χ3n) is 2.39. The molecular formula is C12H24O2. The quantitative estimate of drug-likeness (QED) is 0.589. The summed E-state index contributed by atoms with van der Waals surface area (Å²) < 4.78 is 4.90. The number of ether oxygens (including phenoxy) is 1. The second kappa shape index (κ2) is 7.84. The second-order valence-corrected chi connectivity index (χ2v) is 4.56. The molecule has 2 nitrogen and oxygen atoms in total. The molecule has 0 radical (unpaired) electrons. The summed E-state index contributed by atoms with van der Waals surface area (Å²) in [6, 6.07) is 0. The number of hydrogen-bond donors (Lipinski definition) is 0. The van der Waals surface area contributed by atoms with Gasteiger partial charge < -0.3 is 4.74 Å². The number of carbonyl (C=O) groups is 1. The van der Waals surface area contributed by atoms with E-state index in [-0.39, 0.29) is 5.97 Å². The van der Waals surface area contributed by atoms with Crippen molar-refractivity contribution in [2.45, 2.75) is 53.4 Å². The van der Waals surface area contributed by atoms with Crippen LogP contribution in [0.2, 0.25) is 0 Å². The summed E-state index contributed by atoms with van der Waals surface area (Å²) in [7, 11) is 0. The summed E-state index contributed by atoms with van der Waals surface area (Å²) in [5.41, 5.74) is 0. The molecule has 0 aliphatic carbocycles. The first-order valence-electron chi connectivity index (χ1n) is 5.65. The van der Waals surface area contributed by atoms with Crippen LogP contribution in [0.4, 0.5) is 0 Å². The van der Waals surface area contributed by atoms with E-state index < -0.39 is 0 Å². The van der Waals surface area contributed by atoms with Crippen molar-refractivity contribution in [2.24, 2.45) is 11.8 Å². The Morgan fingerprint density at radius 3 is 2.29 bits per heavy atom. The molecule has 0 aromatic rings. The molecular weight excluding hydrogens is 176 g/mol. The highest BCUT2D eigenvalue weighted by atomic mass is 16.5. The second-order valence-electron chi connectivity index (χ2n) is 4.56. The summed E-state index contributed by atoms with van der Waals surface area (Å²) in [6.45, 7) is 8.78. The molecule has 0 aliphatic heterocycles. The first-order chi connectivity index (χ1) is 6.52. The van der Waals surface area contributed by atoms with Crippen LogP contribution in [0.25, 0.3) is 0 Å². The van der Waals surface area contributed by atoms with Gasteiger partial charge in [-0.25, -0.2) is 0 Å². The molecule has 0 aromatic heterocycles. The van der Waals surface area contributed by atoms with Gasteiger partial charge in [0.15, 0.2) is 0 Å². The van der Waals surface area contributed by atoms with Gasteiger partial charge in [-0.2, -0.15) is 0 Å². The van der Waals surface area contributed by atoms with Gasteiger partial charge in [0.25, 0.3) is 0 Å². The molecule has 14 heavy (non-hydrogen) atoms. The SMILES string of the molecule is CC(=O)OCC[C@@H](C)CCCC(C)C. The fraction of sp³-hybridized carbons (Fsp3) is 0.917. The lowest BCUT2D eigenvalue weighted by molar-refractivity contribution is -0.141. The molecule has 0 saturated carbocycles. The van der Waals surface area contributed by atoms with E-state index in [9.17, 15) is 4.79 Å². The normalized spacial score (nSPS) is 12.9. The molecule has 0 unspecified atom stereocenters. The van der Waals surface area contributed by atoms with Gasteiger partial charge in [-0.15, -0.1) is 0 Å². The van der Waals surface area contributed by atoms with E-state index in [0.29, 0.717) is 12.5 Å². The van der Waals surface area contributed by atoms with Crippen molar-refractivity contribution >= 4 is 5.97 Å². The molecule has 84 valence electrons. The highest BCUT2D eigenvalue weighted by Gasteiger charge is 2.03. The summed E-state index contributed by atoms with van der Waals surface area (Å²) in [4.78, 5) is 10.5. The third kappa shape index (κ3) is 9.56. The van der Waals surface area contributed by atoms with Crippen LogP contribution in [0.5, 0.6) is 0 Å². The van der Waals surface area contributed by atoms with E-state index in [2.05, 4.69) is 20.8 Å². The van der Waals surface area contributed by atoms with Crippen molar-refractivity contribution in [1.82, 2.24) is 0 Å². The molecule has 0 saturated heterocycles. The monoisotopic (exact) mass is 200 g/mol. The lowest BCUT2D eigenvalue weighted by Gasteiger charge is -2.11. The Labute approximate surface area is 88.0 Å². The zero-order chi connectivity index (χ0) is 11.0. The van der Waals surface area contributed by atoms with Gasteiger partial charge in [0.05, 0.1) is 6.61 Å². The van der Waals surface area contributed by atoms with Crippen LogP contribution in [0, 0.1) is 11.8 Å². The minimum atomic E-state index is -0.167. The van der Waals surface area contributed by atoms with E-state index in [4.69, 9.17) is 4.74 Å². The van der Waals surface area contributed by atoms with E-state index in [1.165, 1.54) is 26.2 Å². The van der Waals surface area contributed by atoms with Crippen molar-refractivity contribution in [1.29, 1.82) is 0 Å². The van der Waals surface area contributed by atoms with E-state index in [1.54, 1.807) is 0 Å². The fourth-order valence-corrected chi connectivity index (χ4v) is 1.42. The van der Waals surface area contributed by atoms with Crippen LogP contribution >= 0.6 is 0 Å². The van der Waals surface area contributed by atoms with Gasteiger partial charge in [0.1, 0.15) is 0 Å². The van der Waals surface area contributed by atoms with Crippen LogP contribution in [0.15, 0.2) is 0 Å². The van der Waals surface area contributed by atoms with E-state index in [0.717, 1.165) is 12.3 Å². The topological polar surface area (TPSA) is 26.3 Å². The lowest BCUT2D eigenvalue weighted by Crippen LogP contribution is -2.05. The van der Waals surface area contributed by atoms with Crippen molar-refractivity contribution in [3.05, 3.63) is 0 Å². The minimum absolute atomic E-state index is 0.167. The Morgan fingerprint density at radius 2 is 1.79 bits per heavy atom. The molecule has 2 heteroatoms. The molecule has 0 amide bonds. The van der Waals surface area contributed by atoms with Crippen LogP contribution in [-0.4, -0.2) is 12.6 Å². The fourth-order valence-electron chi connectivity index (χ4n) is 1.42. The molecule has 0 rings (SSSR count). The number of esters is 1. The predicted octanol–water partition coefficient (Wildman–Crippen LogP) is 3.40. The summed E-state index contributed by atoms with van der Waals surface area (Å²) >= 11 is 0. The first-order valence-corrected chi connectivity index (χ1v) is 5.65. The smallest absolute Gasteiger partial charge is 0.302 e. The van der Waals surface area contributed by atoms with Crippen LogP contribution in [-0.2, 0) is 9.53 Å². The van der Waals surface area contributed by atoms with Gasteiger partial charge >= 0.3 is 5.97 Å². The van der Waals surface area contributed by atoms with Crippen LogP contribution in [0.3, 0.4) is 0 Å². The van der Waals surface area contributed by atoms with Gasteiger partial charge in [-0.1, -0.05) is 40.0 Å². The van der Waals surface area contributed by atoms with Gasteiger partial charge in [-0.05, 0) is 18.3 Å². The molecule has 0 fully saturated rings. The standard InChI is InChI=1S/C12H24O2/c1-10(2)6-5-7-11(3)8-9-14-12(4)13/h10-11H,5-9H2,1-4H3/t11-/m0/s1. The highest BCUT2D eigenvalue weighted by Crippen LogP contribution is 2.14. The van der Waals surface area contributed by atoms with E-state index in [1.807, 2.05) is 0 Å². The molecule has 0 aromatic carbocycles. The maximum absolute atomic E-state index is 10.5. The molecule has 0 heterocycles. The Bertz CT molecular complexity index is 152. The Hall–Kier alpha value is -0.530. The third-order valence-corrected chi connectivity index (χ3v) is 2.39. The maximum atomic E-state index is 10.5. The average molecular weight is 200 g/mol. The molecule has 1 atom stereocenters. The van der Waals surface area contributed by atoms with Crippen molar-refractivity contribution < 1.29 is 9.53 Å². The van der Waals surface area contributed by atoms with Crippen molar-refractivity contribution in [3.63, 3.8) is 0 Å². The summed E-state index contributed by atoms with van der Waals surface area (Å²) in [5.74, 6) is 1.31. The molecule has 0 N–H and O–H groups in total. The van der Waals surface area contributed by atoms with Crippen LogP contribution in [0.1, 0.15) is 53.4 Å². The zero-order valence-electron chi connectivity index (χ0n) is 10.0. The van der Waals surface area contributed by atoms with Gasteiger partial charge in [0.2, 0.25) is 0 Å². The van der Waals surface area contributed by atoms with Gasteiger partial charge in [-0.3, -0.25) is 4.79 Å². The summed E-state index contributed by atoms with van der Waals surface area (Å²) in [5, 5.41) is 0. The highest BCUT2D eigenvalue weighted by molar-refractivity contribution is 5.65. The maximum Gasteiger partial charge on any atom is 0.302 e. The Morgan fingerprint density at radius 1 is 1.14 bits per heavy atom. The largest absolute Gasteiger partial charge is 0.466 e. The lowest BCUT2D eigenvalue weighted by atomic mass is 9.98. The molecule has 0 aliphatic rings.